The van der Waals surface area contributed by atoms with Gasteiger partial charge < -0.3 is 21.2 Å². The summed E-state index contributed by atoms with van der Waals surface area (Å²) in [6.07, 6.45) is 10.5. The molecule has 3 rings (SSSR count). The number of allylic oxidation sites excluding steroid dienone is 1. The fourth-order valence-electron chi connectivity index (χ4n) is 4.84. The summed E-state index contributed by atoms with van der Waals surface area (Å²) in [5, 5.41) is 4.50. The Kier molecular flexibility index (Phi) is 10.5. The quantitative estimate of drug-likeness (QED) is 0.293. The van der Waals surface area contributed by atoms with Crippen molar-refractivity contribution in [3.05, 3.63) is 66.3 Å². The minimum Gasteiger partial charge on any atom is -0.405 e. The monoisotopic (exact) mass is 494 g/mol. The molecule has 8 heteroatoms. The molecule has 2 aliphatic heterocycles. The first-order valence-corrected chi connectivity index (χ1v) is 13.0. The number of hydrogen-bond donors (Lipinski definition) is 2. The third-order valence-corrected chi connectivity index (χ3v) is 6.72. The predicted molar refractivity (Wildman–Crippen MR) is 145 cm³/mol. The predicted octanol–water partition coefficient (Wildman–Crippen LogP) is 3.28. The van der Waals surface area contributed by atoms with Gasteiger partial charge in [0.25, 0.3) is 0 Å². The number of hydrogen-bond acceptors (Lipinski definition) is 7. The number of likely N-dealkylation sites (tertiary alicyclic amines) is 2. The van der Waals surface area contributed by atoms with E-state index in [1.807, 2.05) is 35.3 Å². The van der Waals surface area contributed by atoms with Crippen molar-refractivity contribution in [2.45, 2.75) is 39.5 Å². The van der Waals surface area contributed by atoms with Crippen molar-refractivity contribution in [2.24, 2.45) is 34.4 Å². The van der Waals surface area contributed by atoms with Crippen molar-refractivity contribution in [3.63, 3.8) is 0 Å². The third-order valence-electron chi connectivity index (χ3n) is 6.72. The second kappa shape index (κ2) is 13.8. The van der Waals surface area contributed by atoms with E-state index in [2.05, 4.69) is 35.5 Å². The Morgan fingerprint density at radius 3 is 2.47 bits per heavy atom. The summed E-state index contributed by atoms with van der Waals surface area (Å²) in [5.74, 6) is 1.01. The summed E-state index contributed by atoms with van der Waals surface area (Å²) in [5.41, 5.74) is 14.6. The van der Waals surface area contributed by atoms with E-state index in [9.17, 15) is 4.79 Å². The van der Waals surface area contributed by atoms with Crippen LogP contribution in [0.2, 0.25) is 0 Å². The highest BCUT2D eigenvalue weighted by Gasteiger charge is 2.32. The van der Waals surface area contributed by atoms with E-state index >= 15 is 0 Å². The Labute approximate surface area is 215 Å². The van der Waals surface area contributed by atoms with Crippen molar-refractivity contribution in [2.75, 3.05) is 39.3 Å². The number of piperidine rings is 2. The van der Waals surface area contributed by atoms with Crippen LogP contribution < -0.4 is 11.5 Å². The fraction of sp³-hybridized carbons (Fsp3) is 0.536. The highest BCUT2D eigenvalue weighted by molar-refractivity contribution is 6.00. The average Bonchev–Trinajstić information content (AvgIpc) is 2.87. The summed E-state index contributed by atoms with van der Waals surface area (Å²) in [6.45, 7) is 12.5. The van der Waals surface area contributed by atoms with Crippen LogP contribution in [0.1, 0.15) is 45.2 Å². The van der Waals surface area contributed by atoms with Crippen LogP contribution in [0, 0.1) is 17.8 Å². The lowest BCUT2D eigenvalue weighted by Gasteiger charge is -2.37. The van der Waals surface area contributed by atoms with Gasteiger partial charge in [-0.05, 0) is 80.7 Å². The number of carbonyl (C=O) groups is 1. The van der Waals surface area contributed by atoms with Gasteiger partial charge in [0.15, 0.2) is 0 Å². The molecule has 2 fully saturated rings. The molecule has 4 N–H and O–H groups in total. The molecular formula is C28H42N6O2. The van der Waals surface area contributed by atoms with Crippen LogP contribution in [0.4, 0.5) is 0 Å². The van der Waals surface area contributed by atoms with E-state index in [1.165, 1.54) is 6.20 Å². The van der Waals surface area contributed by atoms with E-state index in [1.54, 1.807) is 6.20 Å². The molecule has 1 aromatic rings. The summed E-state index contributed by atoms with van der Waals surface area (Å²) in [6, 6.07) is 5.86. The van der Waals surface area contributed by atoms with Gasteiger partial charge in [0.1, 0.15) is 12.3 Å². The number of oxime groups is 1. The molecule has 0 spiro atoms. The maximum atomic E-state index is 13.3. The SMILES string of the molecule is C=C(N)/C=C(\C=C/N)CN1CCC(C(=O)N2CCC(/C(=N/OCC(C)C)c3ccccn3)CC2)CC1. The van der Waals surface area contributed by atoms with Crippen LogP contribution in [-0.4, -0.2) is 65.7 Å². The molecule has 3 heterocycles. The van der Waals surface area contributed by atoms with Crippen molar-refractivity contribution in [1.82, 2.24) is 14.8 Å². The lowest BCUT2D eigenvalue weighted by atomic mass is 9.88. The van der Waals surface area contributed by atoms with E-state index in [0.29, 0.717) is 18.2 Å². The lowest BCUT2D eigenvalue weighted by molar-refractivity contribution is -0.138. The minimum absolute atomic E-state index is 0.0815. The molecule has 0 unspecified atom stereocenters. The van der Waals surface area contributed by atoms with Gasteiger partial charge in [-0.2, -0.15) is 0 Å². The second-order valence-electron chi connectivity index (χ2n) is 10.2. The molecule has 36 heavy (non-hydrogen) atoms. The molecule has 0 aliphatic carbocycles. The standard InChI is InChI=1S/C28H42N6O2/c1-21(2)20-36-32-27(26-6-4-5-13-31-26)24-10-16-34(17-11-24)28(35)25-8-14-33(15-9-25)19-23(7-12-29)18-22(3)30/h4-7,12-13,18,21,24-25H,3,8-11,14-17,19-20,29-30H2,1-2H3/b12-7-,23-18+,32-27-. The lowest BCUT2D eigenvalue weighted by Crippen LogP contribution is -2.46. The molecule has 8 nitrogen and oxygen atoms in total. The van der Waals surface area contributed by atoms with Crippen LogP contribution in [0.15, 0.2) is 65.8 Å². The Balaban J connectivity index is 1.53. The average molecular weight is 495 g/mol. The van der Waals surface area contributed by atoms with E-state index in [-0.39, 0.29) is 17.7 Å². The number of nitrogens with two attached hydrogens (primary N) is 2. The molecule has 2 saturated heterocycles. The van der Waals surface area contributed by atoms with Gasteiger partial charge in [-0.15, -0.1) is 0 Å². The summed E-state index contributed by atoms with van der Waals surface area (Å²) >= 11 is 0. The molecule has 0 atom stereocenters. The number of carbonyl (C=O) groups excluding carboxylic acids is 1. The Morgan fingerprint density at radius 1 is 1.19 bits per heavy atom. The highest BCUT2D eigenvalue weighted by atomic mass is 16.6. The first-order valence-electron chi connectivity index (χ1n) is 13.0. The number of pyridine rings is 1. The Morgan fingerprint density at radius 2 is 1.89 bits per heavy atom. The van der Waals surface area contributed by atoms with Crippen molar-refractivity contribution < 1.29 is 9.63 Å². The molecule has 0 saturated carbocycles. The molecule has 1 aromatic heterocycles. The topological polar surface area (TPSA) is 110 Å². The molecule has 0 radical (unpaired) electrons. The Hall–Kier alpha value is -3.13. The Bertz CT molecular complexity index is 940. The maximum absolute atomic E-state index is 13.3. The third kappa shape index (κ3) is 8.22. The normalized spacial score (nSPS) is 19.2. The van der Waals surface area contributed by atoms with Crippen LogP contribution in [-0.2, 0) is 9.63 Å². The number of amides is 1. The molecule has 1 amide bonds. The van der Waals surface area contributed by atoms with Gasteiger partial charge in [0.2, 0.25) is 5.91 Å². The van der Waals surface area contributed by atoms with Crippen LogP contribution in [0.25, 0.3) is 0 Å². The van der Waals surface area contributed by atoms with E-state index < -0.39 is 0 Å². The molecular weight excluding hydrogens is 452 g/mol. The maximum Gasteiger partial charge on any atom is 0.225 e. The van der Waals surface area contributed by atoms with Gasteiger partial charge in [-0.1, -0.05) is 31.6 Å². The fourth-order valence-corrected chi connectivity index (χ4v) is 4.84. The van der Waals surface area contributed by atoms with Crippen LogP contribution >= 0.6 is 0 Å². The zero-order chi connectivity index (χ0) is 25.9. The first kappa shape index (κ1) is 27.5. The minimum atomic E-state index is 0.0815. The van der Waals surface area contributed by atoms with E-state index in [0.717, 1.165) is 75.4 Å². The largest absolute Gasteiger partial charge is 0.405 e. The zero-order valence-corrected chi connectivity index (χ0v) is 21.8. The van der Waals surface area contributed by atoms with Gasteiger partial charge in [0.05, 0.1) is 5.69 Å². The number of nitrogens with zero attached hydrogens (tertiary/aromatic N) is 4. The van der Waals surface area contributed by atoms with Gasteiger partial charge in [-0.3, -0.25) is 14.7 Å². The second-order valence-corrected chi connectivity index (χ2v) is 10.2. The molecule has 2 aliphatic rings. The zero-order valence-electron chi connectivity index (χ0n) is 21.8. The van der Waals surface area contributed by atoms with Crippen LogP contribution in [0.3, 0.4) is 0 Å². The van der Waals surface area contributed by atoms with Crippen LogP contribution in [0.5, 0.6) is 0 Å². The molecule has 0 bridgehead atoms. The molecule has 196 valence electrons. The summed E-state index contributed by atoms with van der Waals surface area (Å²) in [4.78, 5) is 27.8. The smallest absolute Gasteiger partial charge is 0.225 e. The summed E-state index contributed by atoms with van der Waals surface area (Å²) < 4.78 is 0. The summed E-state index contributed by atoms with van der Waals surface area (Å²) in [7, 11) is 0. The van der Waals surface area contributed by atoms with E-state index in [4.69, 9.17) is 16.3 Å². The van der Waals surface area contributed by atoms with Crippen molar-refractivity contribution in [3.8, 4) is 0 Å². The molecule has 0 aromatic carbocycles. The van der Waals surface area contributed by atoms with Gasteiger partial charge >= 0.3 is 0 Å². The first-order chi connectivity index (χ1) is 17.4. The van der Waals surface area contributed by atoms with Crippen molar-refractivity contribution in [1.29, 1.82) is 0 Å². The number of rotatable bonds is 10. The van der Waals surface area contributed by atoms with Crippen molar-refractivity contribution >= 4 is 11.6 Å². The highest BCUT2D eigenvalue weighted by Crippen LogP contribution is 2.26. The van der Waals surface area contributed by atoms with Gasteiger partial charge in [-0.25, -0.2) is 0 Å². The van der Waals surface area contributed by atoms with Gasteiger partial charge in [0, 0.05) is 43.4 Å². The number of aromatic nitrogens is 1.